The van der Waals surface area contributed by atoms with E-state index in [1.54, 1.807) is 17.0 Å². The number of aliphatic hydroxyl groups excluding tert-OH is 1. The van der Waals surface area contributed by atoms with Crippen molar-refractivity contribution in [1.82, 2.24) is 0 Å². The predicted molar refractivity (Wildman–Crippen MR) is 60.4 cm³/mol. The number of aliphatic hydroxyl groups is 1. The van der Waals surface area contributed by atoms with Crippen LogP contribution in [0.5, 0.6) is 0 Å². The van der Waals surface area contributed by atoms with Crippen LogP contribution in [-0.2, 0) is 15.0 Å². The molecule has 0 bridgehead atoms. The molecule has 2 unspecified atom stereocenters. The molecule has 0 radical (unpaired) electrons. The van der Waals surface area contributed by atoms with Crippen LogP contribution < -0.4 is 4.57 Å². The second-order valence-corrected chi connectivity index (χ2v) is 5.40. The summed E-state index contributed by atoms with van der Waals surface area (Å²) in [5.74, 6) is -1.21. The van der Waals surface area contributed by atoms with E-state index in [-0.39, 0.29) is 5.41 Å². The van der Waals surface area contributed by atoms with Crippen molar-refractivity contribution in [3.05, 3.63) is 30.1 Å². The minimum atomic E-state index is -1.19. The average Bonchev–Trinajstić information content (AvgIpc) is 2.28. The van der Waals surface area contributed by atoms with Crippen molar-refractivity contribution < 1.29 is 19.3 Å². The molecule has 1 N–H and O–H groups in total. The lowest BCUT2D eigenvalue weighted by Gasteiger charge is -2.24. The molecular weight excluding hydrogens is 218 g/mol. The smallest absolute Gasteiger partial charge is 0.272 e. The number of pyridine rings is 1. The summed E-state index contributed by atoms with van der Waals surface area (Å²) in [7, 11) is 0. The summed E-state index contributed by atoms with van der Waals surface area (Å²) in [6.45, 7) is 6.29. The average molecular weight is 234 g/mol. The van der Waals surface area contributed by atoms with Gasteiger partial charge in [0, 0.05) is 12.1 Å². The summed E-state index contributed by atoms with van der Waals surface area (Å²) >= 11 is 0. The van der Waals surface area contributed by atoms with Gasteiger partial charge in [0.1, 0.15) is 0 Å². The van der Waals surface area contributed by atoms with Crippen LogP contribution in [0.1, 0.15) is 32.4 Å². The second kappa shape index (κ2) is 3.74. The number of hydrogen-bond donors (Lipinski definition) is 1. The highest BCUT2D eigenvalue weighted by Gasteiger charge is 2.55. The lowest BCUT2D eigenvalue weighted by molar-refractivity contribution is -0.716. The van der Waals surface area contributed by atoms with Gasteiger partial charge in [-0.1, -0.05) is 20.8 Å². The van der Waals surface area contributed by atoms with E-state index in [1.165, 1.54) is 0 Å². The number of carbonyl (C=O) groups is 2. The molecule has 1 fully saturated rings. The van der Waals surface area contributed by atoms with Gasteiger partial charge in [0.2, 0.25) is 5.78 Å². The molecule has 1 heterocycles. The summed E-state index contributed by atoms with van der Waals surface area (Å²) in [6.07, 6.45) is 2.28. The van der Waals surface area contributed by atoms with Crippen LogP contribution in [0.4, 0.5) is 0 Å². The van der Waals surface area contributed by atoms with Crippen molar-refractivity contribution >= 4 is 11.6 Å². The fourth-order valence-electron chi connectivity index (χ4n) is 1.90. The maximum Gasteiger partial charge on any atom is 0.272 e. The fraction of sp³-hybridized carbons (Fsp3) is 0.462. The Labute approximate surface area is 99.9 Å². The number of carbonyl (C=O) groups excluding carboxylic acids is 2. The largest absolute Gasteiger partial charge is 0.378 e. The Morgan fingerprint density at radius 1 is 1.12 bits per heavy atom. The highest BCUT2D eigenvalue weighted by molar-refractivity contribution is 6.47. The highest BCUT2D eigenvalue weighted by Crippen LogP contribution is 2.23. The molecule has 4 heteroatoms. The standard InChI is InChI=1S/C13H16NO3/c1-13(2,3)8-4-6-14(7-5-8)9-10(15)12(17)11(9)16/h4-7,9-10,15H,1-3H3/q+1. The summed E-state index contributed by atoms with van der Waals surface area (Å²) < 4.78 is 1.59. The predicted octanol–water partition coefficient (Wildman–Crippen LogP) is 0.325. The lowest BCUT2D eigenvalue weighted by atomic mass is 9.84. The Balaban J connectivity index is 2.25. The first-order chi connectivity index (χ1) is 7.82. The topological polar surface area (TPSA) is 58.2 Å². The van der Waals surface area contributed by atoms with E-state index >= 15 is 0 Å². The summed E-state index contributed by atoms with van der Waals surface area (Å²) in [5.41, 5.74) is 1.18. The molecule has 1 saturated carbocycles. The molecule has 1 aliphatic carbocycles. The van der Waals surface area contributed by atoms with Crippen molar-refractivity contribution in [3.8, 4) is 0 Å². The third-order valence-electron chi connectivity index (χ3n) is 3.12. The van der Waals surface area contributed by atoms with E-state index in [0.717, 1.165) is 5.56 Å². The van der Waals surface area contributed by atoms with Crippen LogP contribution in [0.25, 0.3) is 0 Å². The van der Waals surface area contributed by atoms with Crippen LogP contribution in [-0.4, -0.2) is 22.8 Å². The monoisotopic (exact) mass is 234 g/mol. The number of rotatable bonds is 1. The molecule has 1 aromatic heterocycles. The molecule has 0 amide bonds. The van der Waals surface area contributed by atoms with E-state index in [9.17, 15) is 14.7 Å². The van der Waals surface area contributed by atoms with Crippen molar-refractivity contribution in [3.63, 3.8) is 0 Å². The van der Waals surface area contributed by atoms with Gasteiger partial charge in [-0.3, -0.25) is 9.59 Å². The first kappa shape index (κ1) is 11.9. The van der Waals surface area contributed by atoms with Gasteiger partial charge in [-0.15, -0.1) is 0 Å². The number of ketones is 2. The number of hydrogen-bond acceptors (Lipinski definition) is 3. The normalized spacial score (nSPS) is 24.7. The van der Waals surface area contributed by atoms with Crippen LogP contribution in [0.15, 0.2) is 24.5 Å². The molecule has 1 aliphatic rings. The van der Waals surface area contributed by atoms with Gasteiger partial charge in [0.25, 0.3) is 11.8 Å². The summed E-state index contributed by atoms with van der Waals surface area (Å²) in [4.78, 5) is 22.3. The molecule has 1 aromatic rings. The van der Waals surface area contributed by atoms with E-state index < -0.39 is 23.7 Å². The van der Waals surface area contributed by atoms with Gasteiger partial charge in [0.15, 0.2) is 18.5 Å². The molecule has 0 aromatic carbocycles. The third-order valence-corrected chi connectivity index (χ3v) is 3.12. The highest BCUT2D eigenvalue weighted by atomic mass is 16.3. The maximum atomic E-state index is 11.3. The molecule has 4 nitrogen and oxygen atoms in total. The Morgan fingerprint density at radius 2 is 1.65 bits per heavy atom. The molecule has 2 rings (SSSR count). The minimum absolute atomic E-state index is 0.0388. The van der Waals surface area contributed by atoms with E-state index in [4.69, 9.17) is 0 Å². The van der Waals surface area contributed by atoms with Gasteiger partial charge in [-0.05, 0) is 11.0 Å². The Morgan fingerprint density at radius 3 is 2.06 bits per heavy atom. The van der Waals surface area contributed by atoms with Crippen molar-refractivity contribution in [2.45, 2.75) is 38.3 Å². The Kier molecular flexibility index (Phi) is 2.62. The van der Waals surface area contributed by atoms with Gasteiger partial charge < -0.3 is 5.11 Å². The molecule has 90 valence electrons. The third kappa shape index (κ3) is 1.89. The molecule has 0 aliphatic heterocycles. The van der Waals surface area contributed by atoms with Crippen LogP contribution in [0.3, 0.4) is 0 Å². The zero-order valence-electron chi connectivity index (χ0n) is 10.2. The van der Waals surface area contributed by atoms with Gasteiger partial charge in [-0.25, -0.2) is 0 Å². The van der Waals surface area contributed by atoms with Crippen LogP contribution in [0.2, 0.25) is 0 Å². The Hall–Kier alpha value is -1.55. The lowest BCUT2D eigenvalue weighted by Crippen LogP contribution is -2.64. The first-order valence-corrected chi connectivity index (χ1v) is 5.60. The van der Waals surface area contributed by atoms with E-state index in [2.05, 4.69) is 20.8 Å². The first-order valence-electron chi connectivity index (χ1n) is 5.60. The van der Waals surface area contributed by atoms with E-state index in [0.29, 0.717) is 0 Å². The van der Waals surface area contributed by atoms with Crippen LogP contribution >= 0.6 is 0 Å². The van der Waals surface area contributed by atoms with Crippen molar-refractivity contribution in [2.75, 3.05) is 0 Å². The fourth-order valence-corrected chi connectivity index (χ4v) is 1.90. The van der Waals surface area contributed by atoms with Gasteiger partial charge in [0.05, 0.1) is 0 Å². The number of Topliss-reactive ketones (excluding diaryl/α,β-unsaturated/α-hetero) is 2. The zero-order valence-corrected chi connectivity index (χ0v) is 10.2. The zero-order chi connectivity index (χ0) is 12.8. The van der Waals surface area contributed by atoms with Gasteiger partial charge >= 0.3 is 0 Å². The number of nitrogens with zero attached hydrogens (tertiary/aromatic N) is 1. The minimum Gasteiger partial charge on any atom is -0.378 e. The molecule has 2 atom stereocenters. The Bertz CT molecular complexity index is 470. The maximum absolute atomic E-state index is 11.3. The number of aromatic nitrogens is 1. The van der Waals surface area contributed by atoms with Crippen molar-refractivity contribution in [1.29, 1.82) is 0 Å². The quantitative estimate of drug-likeness (QED) is 0.562. The SMILES string of the molecule is CC(C)(C)c1cc[n+](C2C(=O)C(=O)C2O)cc1. The van der Waals surface area contributed by atoms with Crippen molar-refractivity contribution in [2.24, 2.45) is 0 Å². The molecular formula is C13H16NO3+. The molecule has 17 heavy (non-hydrogen) atoms. The van der Waals surface area contributed by atoms with E-state index in [1.807, 2.05) is 12.1 Å². The van der Waals surface area contributed by atoms with Crippen LogP contribution in [0, 0.1) is 0 Å². The second-order valence-electron chi connectivity index (χ2n) is 5.40. The summed E-state index contributed by atoms with van der Waals surface area (Å²) in [6, 6.07) is 3.07. The summed E-state index contributed by atoms with van der Waals surface area (Å²) in [5, 5.41) is 9.44. The molecule has 0 saturated heterocycles. The molecule has 0 spiro atoms. The van der Waals surface area contributed by atoms with Gasteiger partial charge in [-0.2, -0.15) is 4.57 Å².